The number of aliphatic imine (C=N–C) groups is 1. The highest BCUT2D eigenvalue weighted by Crippen LogP contribution is 2.40. The zero-order valence-electron chi connectivity index (χ0n) is 17.6. The summed E-state index contributed by atoms with van der Waals surface area (Å²) < 4.78 is 5.40. The molecule has 0 aliphatic carbocycles. The molecule has 0 radical (unpaired) electrons. The van der Waals surface area contributed by atoms with Crippen LogP contribution in [0, 0.1) is 16.0 Å². The van der Waals surface area contributed by atoms with E-state index in [1.165, 1.54) is 24.3 Å². The van der Waals surface area contributed by atoms with Crippen molar-refractivity contribution >= 4 is 29.4 Å². The van der Waals surface area contributed by atoms with Crippen LogP contribution >= 0.6 is 0 Å². The SMILES string of the molecule is CC1=NC(C)=C(C(=O)OCC=Cc2ccccc2)C(c2ccc([N+](=O)[O-])cc2)C1C(=O)O. The van der Waals surface area contributed by atoms with Crippen molar-refractivity contribution in [3.05, 3.63) is 93.2 Å². The highest BCUT2D eigenvalue weighted by molar-refractivity contribution is 6.06. The van der Waals surface area contributed by atoms with Crippen molar-refractivity contribution in [1.82, 2.24) is 0 Å². The number of carboxylic acids is 1. The van der Waals surface area contributed by atoms with Gasteiger partial charge >= 0.3 is 11.9 Å². The maximum atomic E-state index is 13.0. The van der Waals surface area contributed by atoms with E-state index < -0.39 is 28.7 Å². The second-order valence-electron chi connectivity index (χ2n) is 7.31. The predicted molar refractivity (Wildman–Crippen MR) is 119 cm³/mol. The summed E-state index contributed by atoms with van der Waals surface area (Å²) in [5.41, 5.74) is 2.12. The van der Waals surface area contributed by atoms with Gasteiger partial charge in [0.15, 0.2) is 0 Å². The average Bonchev–Trinajstić information content (AvgIpc) is 2.76. The molecule has 1 N–H and O–H groups in total. The van der Waals surface area contributed by atoms with Crippen LogP contribution in [0.25, 0.3) is 6.08 Å². The van der Waals surface area contributed by atoms with Gasteiger partial charge in [0, 0.05) is 29.5 Å². The minimum atomic E-state index is -1.14. The van der Waals surface area contributed by atoms with Gasteiger partial charge in [-0.1, -0.05) is 48.5 Å². The van der Waals surface area contributed by atoms with E-state index in [1.807, 2.05) is 36.4 Å². The maximum absolute atomic E-state index is 13.0. The van der Waals surface area contributed by atoms with E-state index >= 15 is 0 Å². The number of nitro benzene ring substituents is 1. The van der Waals surface area contributed by atoms with E-state index in [9.17, 15) is 24.8 Å². The highest BCUT2D eigenvalue weighted by atomic mass is 16.6. The van der Waals surface area contributed by atoms with Crippen LogP contribution in [-0.4, -0.2) is 34.3 Å². The Labute approximate surface area is 184 Å². The molecule has 0 fully saturated rings. The first-order chi connectivity index (χ1) is 15.3. The molecule has 0 saturated heterocycles. The number of allylic oxidation sites excluding steroid dienone is 1. The predicted octanol–water partition coefficient (Wildman–Crippen LogP) is 4.38. The van der Waals surface area contributed by atoms with Gasteiger partial charge in [-0.15, -0.1) is 0 Å². The van der Waals surface area contributed by atoms with Crippen molar-refractivity contribution in [2.45, 2.75) is 19.8 Å². The Hall–Kier alpha value is -4.07. The molecule has 0 amide bonds. The van der Waals surface area contributed by atoms with Crippen LogP contribution in [0.2, 0.25) is 0 Å². The Morgan fingerprint density at radius 2 is 1.78 bits per heavy atom. The number of hydrogen-bond acceptors (Lipinski definition) is 6. The number of carbonyl (C=O) groups excluding carboxylic acids is 1. The topological polar surface area (TPSA) is 119 Å². The van der Waals surface area contributed by atoms with Crippen molar-refractivity contribution in [2.75, 3.05) is 6.61 Å². The van der Waals surface area contributed by atoms with Gasteiger partial charge in [0.1, 0.15) is 12.5 Å². The Bertz CT molecular complexity index is 1120. The summed E-state index contributed by atoms with van der Waals surface area (Å²) in [6.07, 6.45) is 3.50. The molecule has 2 aromatic rings. The molecule has 2 unspecified atom stereocenters. The molecule has 8 nitrogen and oxygen atoms in total. The minimum Gasteiger partial charge on any atom is -0.481 e. The summed E-state index contributed by atoms with van der Waals surface area (Å²) >= 11 is 0. The highest BCUT2D eigenvalue weighted by Gasteiger charge is 2.41. The van der Waals surface area contributed by atoms with Gasteiger partial charge in [-0.25, -0.2) is 4.79 Å². The van der Waals surface area contributed by atoms with Gasteiger partial charge in [-0.05, 0) is 31.1 Å². The van der Waals surface area contributed by atoms with Crippen molar-refractivity contribution in [3.8, 4) is 0 Å². The molecule has 164 valence electrons. The van der Waals surface area contributed by atoms with E-state index in [0.29, 0.717) is 17.0 Å². The van der Waals surface area contributed by atoms with Crippen LogP contribution in [-0.2, 0) is 14.3 Å². The number of aliphatic carboxylic acids is 1. The van der Waals surface area contributed by atoms with Crippen molar-refractivity contribution in [2.24, 2.45) is 10.9 Å². The van der Waals surface area contributed by atoms with Gasteiger partial charge in [0.05, 0.1) is 10.5 Å². The maximum Gasteiger partial charge on any atom is 0.336 e. The molecular weight excluding hydrogens is 412 g/mol. The lowest BCUT2D eigenvalue weighted by molar-refractivity contribution is -0.384. The molecule has 0 saturated carbocycles. The van der Waals surface area contributed by atoms with Gasteiger partial charge in [0.25, 0.3) is 5.69 Å². The molecule has 2 atom stereocenters. The second kappa shape index (κ2) is 9.82. The quantitative estimate of drug-likeness (QED) is 0.392. The summed E-state index contributed by atoms with van der Waals surface area (Å²) in [5.74, 6) is -3.79. The first-order valence-electron chi connectivity index (χ1n) is 9.91. The smallest absolute Gasteiger partial charge is 0.336 e. The molecule has 0 bridgehead atoms. The third kappa shape index (κ3) is 4.97. The minimum absolute atomic E-state index is 0.00206. The van der Waals surface area contributed by atoms with Crippen molar-refractivity contribution in [3.63, 3.8) is 0 Å². The van der Waals surface area contributed by atoms with Crippen molar-refractivity contribution in [1.29, 1.82) is 0 Å². The largest absolute Gasteiger partial charge is 0.481 e. The lowest BCUT2D eigenvalue weighted by Gasteiger charge is -2.30. The van der Waals surface area contributed by atoms with E-state index in [1.54, 1.807) is 19.9 Å². The molecule has 1 aliphatic heterocycles. The summed E-state index contributed by atoms with van der Waals surface area (Å²) in [6, 6.07) is 15.0. The molecule has 1 heterocycles. The van der Waals surface area contributed by atoms with Gasteiger partial charge in [-0.3, -0.25) is 19.9 Å². The number of benzene rings is 2. The first kappa shape index (κ1) is 22.6. The Morgan fingerprint density at radius 3 is 2.38 bits per heavy atom. The fourth-order valence-corrected chi connectivity index (χ4v) is 3.74. The van der Waals surface area contributed by atoms with Crippen LogP contribution in [0.1, 0.15) is 30.9 Å². The second-order valence-corrected chi connectivity index (χ2v) is 7.31. The summed E-state index contributed by atoms with van der Waals surface area (Å²) in [4.78, 5) is 39.7. The number of carbonyl (C=O) groups is 2. The van der Waals surface area contributed by atoms with Crippen molar-refractivity contribution < 1.29 is 24.4 Å². The number of nitro groups is 1. The standard InChI is InChI=1S/C24H22N2O6/c1-15-20(23(27)28)22(18-10-12-19(13-11-18)26(30)31)21(16(2)25-15)24(29)32-14-6-9-17-7-4-3-5-8-17/h3-13,20,22H,14H2,1-2H3,(H,27,28). The number of non-ortho nitro benzene ring substituents is 1. The molecule has 0 aromatic heterocycles. The molecular formula is C24H22N2O6. The molecule has 8 heteroatoms. The fraction of sp³-hybridized carbons (Fsp3) is 0.208. The number of carboxylic acid groups (broad SMARTS) is 1. The number of hydrogen-bond donors (Lipinski definition) is 1. The number of nitrogens with zero attached hydrogens (tertiary/aromatic N) is 2. The Morgan fingerprint density at radius 1 is 1.12 bits per heavy atom. The fourth-order valence-electron chi connectivity index (χ4n) is 3.74. The number of esters is 1. The average molecular weight is 434 g/mol. The van der Waals surface area contributed by atoms with Crippen LogP contribution in [0.3, 0.4) is 0 Å². The summed E-state index contributed by atoms with van der Waals surface area (Å²) in [6.45, 7) is 3.21. The lowest BCUT2D eigenvalue weighted by atomic mass is 9.75. The number of rotatable bonds is 7. The van der Waals surface area contributed by atoms with E-state index in [0.717, 1.165) is 5.56 Å². The van der Waals surface area contributed by atoms with Crippen LogP contribution < -0.4 is 0 Å². The summed E-state index contributed by atoms with van der Waals surface area (Å²) in [5, 5.41) is 20.8. The molecule has 2 aromatic carbocycles. The van der Waals surface area contributed by atoms with Crippen LogP contribution in [0.15, 0.2) is 76.9 Å². The molecule has 0 spiro atoms. The lowest BCUT2D eigenvalue weighted by Crippen LogP contribution is -2.35. The molecule has 3 rings (SSSR count). The van der Waals surface area contributed by atoms with Gasteiger partial charge < -0.3 is 9.84 Å². The van der Waals surface area contributed by atoms with E-state index in [4.69, 9.17) is 4.74 Å². The van der Waals surface area contributed by atoms with Gasteiger partial charge in [0.2, 0.25) is 0 Å². The first-order valence-corrected chi connectivity index (χ1v) is 9.91. The normalized spacial score (nSPS) is 18.4. The third-order valence-electron chi connectivity index (χ3n) is 5.20. The third-order valence-corrected chi connectivity index (χ3v) is 5.20. The van der Waals surface area contributed by atoms with Crippen LogP contribution in [0.4, 0.5) is 5.69 Å². The van der Waals surface area contributed by atoms with Crippen LogP contribution in [0.5, 0.6) is 0 Å². The zero-order chi connectivity index (χ0) is 23.3. The Kier molecular flexibility index (Phi) is 6.94. The zero-order valence-corrected chi connectivity index (χ0v) is 17.6. The molecule has 1 aliphatic rings. The monoisotopic (exact) mass is 434 g/mol. The van der Waals surface area contributed by atoms with E-state index in [-0.39, 0.29) is 17.9 Å². The van der Waals surface area contributed by atoms with E-state index in [2.05, 4.69) is 4.99 Å². The van der Waals surface area contributed by atoms with Gasteiger partial charge in [-0.2, -0.15) is 0 Å². The number of ether oxygens (including phenoxy) is 1. The molecule has 32 heavy (non-hydrogen) atoms. The summed E-state index contributed by atoms with van der Waals surface area (Å²) in [7, 11) is 0. The Balaban J connectivity index is 1.89.